The van der Waals surface area contributed by atoms with Crippen molar-refractivity contribution in [2.45, 2.75) is 32.2 Å². The summed E-state index contributed by atoms with van der Waals surface area (Å²) in [6.07, 6.45) is 3.46. The van der Waals surface area contributed by atoms with Gasteiger partial charge in [-0.1, -0.05) is 0 Å². The van der Waals surface area contributed by atoms with Crippen molar-refractivity contribution in [3.05, 3.63) is 0 Å². The third-order valence-corrected chi connectivity index (χ3v) is 3.13. The Bertz CT molecular complexity index is 213. The van der Waals surface area contributed by atoms with Crippen molar-refractivity contribution >= 4 is 5.91 Å². The molecule has 1 saturated heterocycles. The maximum atomic E-state index is 11.4. The Morgan fingerprint density at radius 3 is 2.62 bits per heavy atom. The molecule has 1 fully saturated rings. The van der Waals surface area contributed by atoms with Gasteiger partial charge in [0.05, 0.1) is 6.54 Å². The number of hydrogen-bond donors (Lipinski definition) is 1. The van der Waals surface area contributed by atoms with Crippen molar-refractivity contribution in [2.75, 3.05) is 33.9 Å². The van der Waals surface area contributed by atoms with Crippen LogP contribution in [0.15, 0.2) is 0 Å². The summed E-state index contributed by atoms with van der Waals surface area (Å²) in [4.78, 5) is 13.0. The smallest absolute Gasteiger partial charge is 0.236 e. The van der Waals surface area contributed by atoms with Gasteiger partial charge in [0.25, 0.3) is 0 Å². The third kappa shape index (κ3) is 4.94. The second kappa shape index (κ2) is 6.86. The van der Waals surface area contributed by atoms with E-state index in [-0.39, 0.29) is 5.91 Å². The van der Waals surface area contributed by atoms with E-state index in [9.17, 15) is 4.79 Å². The van der Waals surface area contributed by atoms with E-state index in [4.69, 9.17) is 4.74 Å². The summed E-state index contributed by atoms with van der Waals surface area (Å²) in [6, 6.07) is 0.409. The van der Waals surface area contributed by atoms with Crippen molar-refractivity contribution in [3.8, 4) is 0 Å². The number of hydrogen-bond acceptors (Lipinski definition) is 3. The normalized spacial score (nSPS) is 19.4. The van der Waals surface area contributed by atoms with Gasteiger partial charge in [0.2, 0.25) is 5.91 Å². The highest BCUT2D eigenvalue weighted by molar-refractivity contribution is 5.77. The van der Waals surface area contributed by atoms with Gasteiger partial charge in [0.15, 0.2) is 0 Å². The molecule has 0 saturated carbocycles. The van der Waals surface area contributed by atoms with Crippen molar-refractivity contribution < 1.29 is 9.53 Å². The molecule has 16 heavy (non-hydrogen) atoms. The highest BCUT2D eigenvalue weighted by Gasteiger charge is 2.17. The van der Waals surface area contributed by atoms with Gasteiger partial charge in [-0.25, -0.2) is 0 Å². The van der Waals surface area contributed by atoms with Gasteiger partial charge in [0, 0.05) is 33.4 Å². The van der Waals surface area contributed by atoms with Gasteiger partial charge in [-0.15, -0.1) is 0 Å². The fourth-order valence-corrected chi connectivity index (χ4v) is 1.99. The van der Waals surface area contributed by atoms with E-state index in [0.29, 0.717) is 12.6 Å². The average molecular weight is 228 g/mol. The molecule has 1 aliphatic rings. The number of carbonyl (C=O) groups excluding carboxylic acids is 1. The lowest BCUT2D eigenvalue weighted by Crippen LogP contribution is -2.38. The van der Waals surface area contributed by atoms with Crippen LogP contribution in [0.25, 0.3) is 0 Å². The van der Waals surface area contributed by atoms with Crippen LogP contribution in [0.4, 0.5) is 0 Å². The summed E-state index contributed by atoms with van der Waals surface area (Å²) < 4.78 is 5.33. The predicted octanol–water partition coefficient (Wildman–Crippen LogP) is 0.869. The van der Waals surface area contributed by atoms with Crippen LogP contribution in [0.2, 0.25) is 0 Å². The molecule has 4 nitrogen and oxygen atoms in total. The Morgan fingerprint density at radius 1 is 1.44 bits per heavy atom. The maximum absolute atomic E-state index is 11.4. The molecule has 1 aliphatic heterocycles. The van der Waals surface area contributed by atoms with Gasteiger partial charge in [0.1, 0.15) is 0 Å². The number of ether oxygens (including phenoxy) is 1. The standard InChI is InChI=1S/C12H24N2O2/c1-10(13-9-12(15)14(2)3)8-11-4-6-16-7-5-11/h10-11,13H,4-9H2,1-3H3. The Labute approximate surface area is 98.3 Å². The third-order valence-electron chi connectivity index (χ3n) is 3.13. The van der Waals surface area contributed by atoms with Crippen LogP contribution in [0.3, 0.4) is 0 Å². The Kier molecular flexibility index (Phi) is 5.77. The number of amides is 1. The van der Waals surface area contributed by atoms with E-state index in [1.165, 1.54) is 0 Å². The van der Waals surface area contributed by atoms with Gasteiger partial charge in [-0.05, 0) is 32.1 Å². The minimum absolute atomic E-state index is 0.138. The molecule has 0 aromatic heterocycles. The van der Waals surface area contributed by atoms with Crippen molar-refractivity contribution in [3.63, 3.8) is 0 Å². The first-order valence-electron chi connectivity index (χ1n) is 6.11. The lowest BCUT2D eigenvalue weighted by molar-refractivity contribution is -0.127. The molecule has 4 heteroatoms. The topological polar surface area (TPSA) is 41.6 Å². The molecule has 0 aromatic carbocycles. The monoisotopic (exact) mass is 228 g/mol. The van der Waals surface area contributed by atoms with Crippen LogP contribution >= 0.6 is 0 Å². The lowest BCUT2D eigenvalue weighted by atomic mass is 9.93. The van der Waals surface area contributed by atoms with Crippen LogP contribution < -0.4 is 5.32 Å². The quantitative estimate of drug-likeness (QED) is 0.759. The molecular formula is C12H24N2O2. The minimum atomic E-state index is 0.138. The Hall–Kier alpha value is -0.610. The zero-order valence-electron chi connectivity index (χ0n) is 10.7. The maximum Gasteiger partial charge on any atom is 0.236 e. The van der Waals surface area contributed by atoms with E-state index in [0.717, 1.165) is 38.4 Å². The van der Waals surface area contributed by atoms with Gasteiger partial charge in [-0.2, -0.15) is 0 Å². The summed E-state index contributed by atoms with van der Waals surface area (Å²) >= 11 is 0. The second-order valence-corrected chi connectivity index (χ2v) is 4.86. The van der Waals surface area contributed by atoms with Gasteiger partial charge in [-0.3, -0.25) is 4.79 Å². The molecule has 1 amide bonds. The number of nitrogens with zero attached hydrogens (tertiary/aromatic N) is 1. The molecule has 0 radical (unpaired) electrons. The molecule has 1 unspecified atom stereocenters. The summed E-state index contributed by atoms with van der Waals surface area (Å²) in [6.45, 7) is 4.39. The predicted molar refractivity (Wildman–Crippen MR) is 64.3 cm³/mol. The SMILES string of the molecule is CC(CC1CCOCC1)NCC(=O)N(C)C. The fourth-order valence-electron chi connectivity index (χ4n) is 1.99. The van der Waals surface area contributed by atoms with Crippen LogP contribution in [0, 0.1) is 5.92 Å². The highest BCUT2D eigenvalue weighted by Crippen LogP contribution is 2.19. The minimum Gasteiger partial charge on any atom is -0.381 e. The number of nitrogens with one attached hydrogen (secondary N) is 1. The van der Waals surface area contributed by atoms with Crippen molar-refractivity contribution in [1.29, 1.82) is 0 Å². The second-order valence-electron chi connectivity index (χ2n) is 4.86. The van der Waals surface area contributed by atoms with Gasteiger partial charge >= 0.3 is 0 Å². The Morgan fingerprint density at radius 2 is 2.06 bits per heavy atom. The number of rotatable bonds is 5. The molecule has 94 valence electrons. The molecular weight excluding hydrogens is 204 g/mol. The van der Waals surface area contributed by atoms with Crippen LogP contribution in [0.1, 0.15) is 26.2 Å². The van der Waals surface area contributed by atoms with Crippen molar-refractivity contribution in [2.24, 2.45) is 5.92 Å². The summed E-state index contributed by atoms with van der Waals surface area (Å²) in [7, 11) is 3.57. The summed E-state index contributed by atoms with van der Waals surface area (Å²) in [5.74, 6) is 0.893. The molecule has 1 heterocycles. The molecule has 0 spiro atoms. The fraction of sp³-hybridized carbons (Fsp3) is 0.917. The zero-order valence-corrected chi connectivity index (χ0v) is 10.7. The molecule has 0 aliphatic carbocycles. The molecule has 0 bridgehead atoms. The number of carbonyl (C=O) groups is 1. The molecule has 1 atom stereocenters. The van der Waals surface area contributed by atoms with E-state index in [2.05, 4.69) is 12.2 Å². The van der Waals surface area contributed by atoms with Crippen LogP contribution in [-0.2, 0) is 9.53 Å². The van der Waals surface area contributed by atoms with E-state index in [1.807, 2.05) is 0 Å². The Balaban J connectivity index is 2.14. The van der Waals surface area contributed by atoms with Crippen LogP contribution in [0.5, 0.6) is 0 Å². The highest BCUT2D eigenvalue weighted by atomic mass is 16.5. The summed E-state index contributed by atoms with van der Waals surface area (Å²) in [5.41, 5.74) is 0. The molecule has 1 rings (SSSR count). The average Bonchev–Trinajstić information content (AvgIpc) is 2.27. The molecule has 0 aromatic rings. The largest absolute Gasteiger partial charge is 0.381 e. The first-order chi connectivity index (χ1) is 7.59. The van der Waals surface area contributed by atoms with Crippen LogP contribution in [-0.4, -0.2) is 50.7 Å². The van der Waals surface area contributed by atoms with E-state index < -0.39 is 0 Å². The van der Waals surface area contributed by atoms with Crippen molar-refractivity contribution in [1.82, 2.24) is 10.2 Å². The zero-order chi connectivity index (χ0) is 12.0. The first-order valence-corrected chi connectivity index (χ1v) is 6.11. The lowest BCUT2D eigenvalue weighted by Gasteiger charge is -2.25. The van der Waals surface area contributed by atoms with E-state index >= 15 is 0 Å². The van der Waals surface area contributed by atoms with E-state index in [1.54, 1.807) is 19.0 Å². The summed E-state index contributed by atoms with van der Waals surface area (Å²) in [5, 5.41) is 3.28. The number of likely N-dealkylation sites (N-methyl/N-ethyl adjacent to an activating group) is 1. The van der Waals surface area contributed by atoms with Gasteiger partial charge < -0.3 is 15.0 Å². The molecule has 1 N–H and O–H groups in total. The first kappa shape index (κ1) is 13.5.